The molecule has 17 heavy (non-hydrogen) atoms. The number of carbonyl (C=O) groups excluding carboxylic acids is 1. The van der Waals surface area contributed by atoms with Crippen LogP contribution in [0.4, 0.5) is 4.79 Å². The molecule has 7 heteroatoms. The van der Waals surface area contributed by atoms with Gasteiger partial charge in [0.1, 0.15) is 0 Å². The Morgan fingerprint density at radius 1 is 1.41 bits per heavy atom. The Morgan fingerprint density at radius 3 is 2.41 bits per heavy atom. The highest BCUT2D eigenvalue weighted by atomic mass is 16.4. The van der Waals surface area contributed by atoms with Gasteiger partial charge in [-0.05, 0) is 20.5 Å². The highest BCUT2D eigenvalue weighted by Crippen LogP contribution is 1.92. The van der Waals surface area contributed by atoms with E-state index in [1.807, 2.05) is 18.9 Å². The topological polar surface area (TPSA) is 102 Å². The van der Waals surface area contributed by atoms with E-state index < -0.39 is 24.1 Å². The molecule has 0 radical (unpaired) electrons. The fourth-order valence-corrected chi connectivity index (χ4v) is 1.10. The Balaban J connectivity index is 3.95. The van der Waals surface area contributed by atoms with E-state index in [4.69, 9.17) is 10.2 Å². The first-order valence-corrected chi connectivity index (χ1v) is 5.52. The molecule has 0 rings (SSSR count). The van der Waals surface area contributed by atoms with Gasteiger partial charge in [0.25, 0.3) is 0 Å². The predicted molar refractivity (Wildman–Crippen MR) is 62.8 cm³/mol. The molecule has 0 aromatic carbocycles. The van der Waals surface area contributed by atoms with E-state index >= 15 is 0 Å². The van der Waals surface area contributed by atoms with E-state index in [0.717, 1.165) is 6.54 Å². The van der Waals surface area contributed by atoms with Crippen LogP contribution >= 0.6 is 0 Å². The Labute approximate surface area is 101 Å². The lowest BCUT2D eigenvalue weighted by atomic mass is 10.2. The van der Waals surface area contributed by atoms with Crippen molar-refractivity contribution in [2.24, 2.45) is 0 Å². The van der Waals surface area contributed by atoms with E-state index in [1.54, 1.807) is 0 Å². The van der Waals surface area contributed by atoms with Crippen LogP contribution in [0, 0.1) is 0 Å². The predicted octanol–water partition coefficient (Wildman–Crippen LogP) is -0.929. The fourth-order valence-electron chi connectivity index (χ4n) is 1.10. The molecular formula is C10H21N3O4. The van der Waals surface area contributed by atoms with E-state index in [1.165, 1.54) is 6.92 Å². The van der Waals surface area contributed by atoms with Crippen LogP contribution in [0.1, 0.15) is 13.8 Å². The first-order valence-electron chi connectivity index (χ1n) is 5.52. The molecule has 0 aliphatic rings. The molecule has 100 valence electrons. The fraction of sp³-hybridized carbons (Fsp3) is 0.800. The lowest BCUT2D eigenvalue weighted by molar-refractivity contribution is -0.141. The monoisotopic (exact) mass is 247 g/mol. The molecule has 0 aromatic rings. The SMILES string of the molecule is CCN(C)CCNC(=O)N[C@H](C(=O)O)[C@@H](C)O. The second-order valence-corrected chi connectivity index (χ2v) is 3.85. The number of likely N-dealkylation sites (N-methyl/N-ethyl adjacent to an activating group) is 1. The van der Waals surface area contributed by atoms with Gasteiger partial charge in [-0.3, -0.25) is 0 Å². The quantitative estimate of drug-likeness (QED) is 0.465. The summed E-state index contributed by atoms with van der Waals surface area (Å²) in [6.07, 6.45) is -1.14. The number of nitrogens with zero attached hydrogens (tertiary/aromatic N) is 1. The third-order valence-electron chi connectivity index (χ3n) is 2.35. The number of hydrogen-bond acceptors (Lipinski definition) is 4. The van der Waals surface area contributed by atoms with Gasteiger partial charge in [0.2, 0.25) is 0 Å². The number of carboxylic acids is 1. The molecule has 2 amide bonds. The minimum Gasteiger partial charge on any atom is -0.480 e. The number of carbonyl (C=O) groups is 2. The molecule has 0 unspecified atom stereocenters. The van der Waals surface area contributed by atoms with Crippen molar-refractivity contribution in [1.29, 1.82) is 0 Å². The lowest BCUT2D eigenvalue weighted by Crippen LogP contribution is -2.51. The number of aliphatic hydroxyl groups is 1. The average Bonchev–Trinajstić information content (AvgIpc) is 2.24. The normalized spacial score (nSPS) is 14.2. The Kier molecular flexibility index (Phi) is 7.24. The number of rotatable bonds is 7. The van der Waals surface area contributed by atoms with Crippen LogP contribution in [0.25, 0.3) is 0 Å². The summed E-state index contributed by atoms with van der Waals surface area (Å²) in [5.74, 6) is -1.26. The molecule has 0 fully saturated rings. The maximum Gasteiger partial charge on any atom is 0.328 e. The maximum atomic E-state index is 11.3. The molecule has 0 heterocycles. The van der Waals surface area contributed by atoms with Crippen LogP contribution in [-0.4, -0.2) is 65.9 Å². The van der Waals surface area contributed by atoms with Gasteiger partial charge < -0.3 is 25.7 Å². The van der Waals surface area contributed by atoms with Gasteiger partial charge >= 0.3 is 12.0 Å². The molecular weight excluding hydrogens is 226 g/mol. The number of aliphatic hydroxyl groups excluding tert-OH is 1. The van der Waals surface area contributed by atoms with Crippen molar-refractivity contribution < 1.29 is 19.8 Å². The van der Waals surface area contributed by atoms with Gasteiger partial charge in [0.15, 0.2) is 6.04 Å². The molecule has 0 aliphatic carbocycles. The molecule has 0 saturated heterocycles. The average molecular weight is 247 g/mol. The number of nitrogens with one attached hydrogen (secondary N) is 2. The summed E-state index contributed by atoms with van der Waals surface area (Å²) in [6, 6.07) is -1.89. The number of urea groups is 1. The summed E-state index contributed by atoms with van der Waals surface area (Å²) >= 11 is 0. The highest BCUT2D eigenvalue weighted by molar-refractivity contribution is 5.82. The van der Waals surface area contributed by atoms with Crippen molar-refractivity contribution in [1.82, 2.24) is 15.5 Å². The Morgan fingerprint density at radius 2 is 2.00 bits per heavy atom. The number of aliphatic carboxylic acids is 1. The van der Waals surface area contributed by atoms with Crippen molar-refractivity contribution in [3.8, 4) is 0 Å². The van der Waals surface area contributed by atoms with Gasteiger partial charge in [-0.25, -0.2) is 9.59 Å². The Hall–Kier alpha value is -1.34. The standard InChI is InChI=1S/C10H21N3O4/c1-4-13(3)6-5-11-10(17)12-8(7(2)14)9(15)16/h7-8,14H,4-6H2,1-3H3,(H,15,16)(H2,11,12,17)/t7-,8+/m1/s1. The van der Waals surface area contributed by atoms with Crippen LogP contribution in [-0.2, 0) is 4.79 Å². The number of amides is 2. The van der Waals surface area contributed by atoms with Crippen molar-refractivity contribution in [3.05, 3.63) is 0 Å². The lowest BCUT2D eigenvalue weighted by Gasteiger charge is -2.18. The second-order valence-electron chi connectivity index (χ2n) is 3.85. The van der Waals surface area contributed by atoms with Gasteiger partial charge in [-0.2, -0.15) is 0 Å². The molecule has 0 saturated carbocycles. The second kappa shape index (κ2) is 7.86. The minimum absolute atomic E-state index is 0.419. The van der Waals surface area contributed by atoms with Crippen molar-refractivity contribution in [2.45, 2.75) is 26.0 Å². The zero-order chi connectivity index (χ0) is 13.4. The van der Waals surface area contributed by atoms with Gasteiger partial charge in [-0.1, -0.05) is 6.92 Å². The van der Waals surface area contributed by atoms with E-state index in [2.05, 4.69) is 10.6 Å². The Bertz CT molecular complexity index is 258. The molecule has 2 atom stereocenters. The molecule has 4 N–H and O–H groups in total. The first-order chi connectivity index (χ1) is 7.88. The van der Waals surface area contributed by atoms with Crippen LogP contribution in [0.15, 0.2) is 0 Å². The summed E-state index contributed by atoms with van der Waals surface area (Å²) in [6.45, 7) is 5.27. The summed E-state index contributed by atoms with van der Waals surface area (Å²) in [7, 11) is 1.91. The van der Waals surface area contributed by atoms with E-state index in [0.29, 0.717) is 13.1 Å². The molecule has 0 bridgehead atoms. The van der Waals surface area contributed by atoms with Crippen LogP contribution in [0.2, 0.25) is 0 Å². The van der Waals surface area contributed by atoms with Gasteiger partial charge in [0, 0.05) is 13.1 Å². The third kappa shape index (κ3) is 6.75. The molecule has 0 spiro atoms. The number of carboxylic acid groups (broad SMARTS) is 1. The smallest absolute Gasteiger partial charge is 0.328 e. The molecule has 7 nitrogen and oxygen atoms in total. The third-order valence-corrected chi connectivity index (χ3v) is 2.35. The van der Waals surface area contributed by atoms with Gasteiger partial charge in [0.05, 0.1) is 6.10 Å². The molecule has 0 aliphatic heterocycles. The highest BCUT2D eigenvalue weighted by Gasteiger charge is 2.24. The summed E-state index contributed by atoms with van der Waals surface area (Å²) in [4.78, 5) is 24.0. The number of hydrogen-bond donors (Lipinski definition) is 4. The molecule has 0 aromatic heterocycles. The first kappa shape index (κ1) is 15.7. The van der Waals surface area contributed by atoms with Crippen molar-refractivity contribution >= 4 is 12.0 Å². The summed E-state index contributed by atoms with van der Waals surface area (Å²) < 4.78 is 0. The van der Waals surface area contributed by atoms with E-state index in [9.17, 15) is 9.59 Å². The van der Waals surface area contributed by atoms with Crippen molar-refractivity contribution in [3.63, 3.8) is 0 Å². The van der Waals surface area contributed by atoms with Crippen LogP contribution < -0.4 is 10.6 Å². The zero-order valence-electron chi connectivity index (χ0n) is 10.4. The van der Waals surface area contributed by atoms with E-state index in [-0.39, 0.29) is 0 Å². The summed E-state index contributed by atoms with van der Waals surface area (Å²) in [5, 5.41) is 22.6. The van der Waals surface area contributed by atoms with Gasteiger partial charge in [-0.15, -0.1) is 0 Å². The van der Waals surface area contributed by atoms with Crippen LogP contribution in [0.5, 0.6) is 0 Å². The summed E-state index contributed by atoms with van der Waals surface area (Å²) in [5.41, 5.74) is 0. The maximum absolute atomic E-state index is 11.3. The minimum atomic E-state index is -1.29. The van der Waals surface area contributed by atoms with Crippen LogP contribution in [0.3, 0.4) is 0 Å². The largest absolute Gasteiger partial charge is 0.480 e. The van der Waals surface area contributed by atoms with Crippen molar-refractivity contribution in [2.75, 3.05) is 26.7 Å². The zero-order valence-corrected chi connectivity index (χ0v) is 10.4.